The summed E-state index contributed by atoms with van der Waals surface area (Å²) in [4.78, 5) is 24.6. The van der Waals surface area contributed by atoms with Gasteiger partial charge in [0.1, 0.15) is 6.04 Å². The van der Waals surface area contributed by atoms with Gasteiger partial charge in [-0.1, -0.05) is 20.8 Å². The number of nitrogens with one attached hydrogen (secondary N) is 1. The first-order valence-electron chi connectivity index (χ1n) is 6.77. The Hall–Kier alpha value is -1.30. The summed E-state index contributed by atoms with van der Waals surface area (Å²) in [7, 11) is 0. The monoisotopic (exact) mass is 272 g/mol. The molecule has 3 N–H and O–H groups in total. The highest BCUT2D eigenvalue weighted by Gasteiger charge is 2.29. The van der Waals surface area contributed by atoms with Crippen molar-refractivity contribution in [1.29, 1.82) is 0 Å². The number of amides is 2. The Morgan fingerprint density at radius 3 is 2.53 bits per heavy atom. The van der Waals surface area contributed by atoms with Crippen LogP contribution in [-0.2, 0) is 4.79 Å². The smallest absolute Gasteiger partial charge is 0.326 e. The number of carboxylic acid groups (broad SMARTS) is 1. The Morgan fingerprint density at radius 2 is 2.05 bits per heavy atom. The molecule has 0 radical (unpaired) electrons. The molecule has 0 aliphatic carbocycles. The number of carboxylic acids is 1. The number of rotatable bonds is 4. The maximum Gasteiger partial charge on any atom is 0.326 e. The van der Waals surface area contributed by atoms with E-state index in [1.54, 1.807) is 0 Å². The predicted octanol–water partition coefficient (Wildman–Crippen LogP) is 0.898. The van der Waals surface area contributed by atoms with Crippen LogP contribution in [-0.4, -0.2) is 52.3 Å². The maximum atomic E-state index is 12.0. The topological polar surface area (TPSA) is 89.9 Å². The van der Waals surface area contributed by atoms with Gasteiger partial charge in [-0.2, -0.15) is 0 Å². The third-order valence-electron chi connectivity index (χ3n) is 3.51. The average molecular weight is 272 g/mol. The van der Waals surface area contributed by atoms with Crippen LogP contribution in [0.5, 0.6) is 0 Å². The summed E-state index contributed by atoms with van der Waals surface area (Å²) in [5, 5.41) is 21.4. The zero-order chi connectivity index (χ0) is 14.6. The van der Waals surface area contributed by atoms with E-state index in [1.807, 2.05) is 20.8 Å². The van der Waals surface area contributed by atoms with Crippen molar-refractivity contribution < 1.29 is 19.8 Å². The third-order valence-corrected chi connectivity index (χ3v) is 3.51. The molecular weight excluding hydrogens is 248 g/mol. The summed E-state index contributed by atoms with van der Waals surface area (Å²) in [6.45, 7) is 6.58. The van der Waals surface area contributed by atoms with Gasteiger partial charge in [-0.3, -0.25) is 0 Å². The molecule has 0 bridgehead atoms. The number of carbonyl (C=O) groups is 2. The number of aliphatic hydroxyl groups is 1. The molecule has 1 saturated heterocycles. The molecule has 0 aromatic rings. The zero-order valence-corrected chi connectivity index (χ0v) is 11.8. The number of urea groups is 1. The fourth-order valence-corrected chi connectivity index (χ4v) is 2.17. The number of hydrogen-bond donors (Lipinski definition) is 3. The van der Waals surface area contributed by atoms with Crippen LogP contribution in [0.25, 0.3) is 0 Å². The van der Waals surface area contributed by atoms with Crippen molar-refractivity contribution in [1.82, 2.24) is 10.2 Å². The van der Waals surface area contributed by atoms with E-state index in [0.29, 0.717) is 13.0 Å². The van der Waals surface area contributed by atoms with Crippen molar-refractivity contribution in [2.45, 2.75) is 45.8 Å². The van der Waals surface area contributed by atoms with Crippen molar-refractivity contribution in [3.8, 4) is 0 Å². The fraction of sp³-hybridized carbons (Fsp3) is 0.846. The second-order valence-electron chi connectivity index (χ2n) is 5.75. The summed E-state index contributed by atoms with van der Waals surface area (Å²) in [5.74, 6) is -0.656. The van der Waals surface area contributed by atoms with Crippen LogP contribution in [0.2, 0.25) is 0 Å². The first-order chi connectivity index (χ1) is 8.81. The van der Waals surface area contributed by atoms with Gasteiger partial charge in [-0.15, -0.1) is 0 Å². The lowest BCUT2D eigenvalue weighted by atomic mass is 9.96. The Bertz CT molecular complexity index is 333. The van der Waals surface area contributed by atoms with E-state index < -0.39 is 24.1 Å². The highest BCUT2D eigenvalue weighted by Crippen LogP contribution is 2.17. The van der Waals surface area contributed by atoms with Gasteiger partial charge < -0.3 is 20.4 Å². The number of piperidine rings is 1. The minimum atomic E-state index is -1.02. The van der Waals surface area contributed by atoms with Gasteiger partial charge in [-0.25, -0.2) is 9.59 Å². The molecule has 0 aromatic carbocycles. The number of nitrogens with zero attached hydrogens (tertiary/aromatic N) is 1. The third kappa shape index (κ3) is 4.70. The van der Waals surface area contributed by atoms with E-state index in [2.05, 4.69) is 5.32 Å². The van der Waals surface area contributed by atoms with Gasteiger partial charge in [0, 0.05) is 13.1 Å². The Morgan fingerprint density at radius 1 is 1.42 bits per heavy atom. The van der Waals surface area contributed by atoms with E-state index in [-0.39, 0.29) is 18.4 Å². The highest BCUT2D eigenvalue weighted by molar-refractivity contribution is 5.82. The standard InChI is InChI=1S/C13H24N2O4/c1-8(2)6-10(12(17)18)14-13(19)15-5-4-9(3)11(16)7-15/h8-11,16H,4-7H2,1-3H3,(H,14,19)(H,17,18)/t9?,10-,11?/m1/s1. The molecule has 2 unspecified atom stereocenters. The number of hydrogen-bond acceptors (Lipinski definition) is 3. The van der Waals surface area contributed by atoms with Crippen LogP contribution < -0.4 is 5.32 Å². The first-order valence-corrected chi connectivity index (χ1v) is 6.77. The summed E-state index contributed by atoms with van der Waals surface area (Å²) < 4.78 is 0. The maximum absolute atomic E-state index is 12.0. The quantitative estimate of drug-likeness (QED) is 0.709. The zero-order valence-electron chi connectivity index (χ0n) is 11.8. The van der Waals surface area contributed by atoms with E-state index in [0.717, 1.165) is 6.42 Å². The molecule has 1 fully saturated rings. The number of likely N-dealkylation sites (tertiary alicyclic amines) is 1. The number of aliphatic hydroxyl groups excluding tert-OH is 1. The molecule has 1 aliphatic heterocycles. The molecule has 2 amide bonds. The molecule has 0 aromatic heterocycles. The van der Waals surface area contributed by atoms with Crippen molar-refractivity contribution in [2.75, 3.05) is 13.1 Å². The lowest BCUT2D eigenvalue weighted by Crippen LogP contribution is -2.53. The minimum Gasteiger partial charge on any atom is -0.480 e. The van der Waals surface area contributed by atoms with Crippen molar-refractivity contribution >= 4 is 12.0 Å². The van der Waals surface area contributed by atoms with Crippen LogP contribution in [0, 0.1) is 11.8 Å². The minimum absolute atomic E-state index is 0.176. The average Bonchev–Trinajstić information content (AvgIpc) is 2.31. The van der Waals surface area contributed by atoms with E-state index in [9.17, 15) is 14.7 Å². The predicted molar refractivity (Wildman–Crippen MR) is 70.8 cm³/mol. The molecule has 1 rings (SSSR count). The molecule has 1 aliphatic rings. The van der Waals surface area contributed by atoms with Crippen molar-refractivity contribution in [3.63, 3.8) is 0 Å². The highest BCUT2D eigenvalue weighted by atomic mass is 16.4. The summed E-state index contributed by atoms with van der Waals surface area (Å²) in [5.41, 5.74) is 0. The molecule has 19 heavy (non-hydrogen) atoms. The Kier molecular flexibility index (Phi) is 5.60. The second-order valence-corrected chi connectivity index (χ2v) is 5.75. The van der Waals surface area contributed by atoms with Gasteiger partial charge in [0.15, 0.2) is 0 Å². The number of β-amino-alcohol motifs (C(OH)–C–C–N with tert-alkyl or cyclic N) is 1. The van der Waals surface area contributed by atoms with Gasteiger partial charge in [0.05, 0.1) is 6.10 Å². The molecular formula is C13H24N2O4. The Balaban J connectivity index is 2.55. The van der Waals surface area contributed by atoms with Gasteiger partial charge in [0.2, 0.25) is 0 Å². The molecule has 0 spiro atoms. The summed E-state index contributed by atoms with van der Waals surface area (Å²) in [6, 6.07) is -1.28. The summed E-state index contributed by atoms with van der Waals surface area (Å²) >= 11 is 0. The number of carbonyl (C=O) groups excluding carboxylic acids is 1. The molecule has 3 atom stereocenters. The first kappa shape index (κ1) is 15.8. The van der Waals surface area contributed by atoms with E-state index >= 15 is 0 Å². The molecule has 1 heterocycles. The van der Waals surface area contributed by atoms with E-state index in [1.165, 1.54) is 4.90 Å². The van der Waals surface area contributed by atoms with Crippen LogP contribution in [0.15, 0.2) is 0 Å². The number of aliphatic carboxylic acids is 1. The van der Waals surface area contributed by atoms with Crippen LogP contribution in [0.1, 0.15) is 33.6 Å². The Labute approximate surface area is 113 Å². The van der Waals surface area contributed by atoms with Crippen molar-refractivity contribution in [2.24, 2.45) is 11.8 Å². The molecule has 110 valence electrons. The summed E-state index contributed by atoms with van der Waals surface area (Å²) in [6.07, 6.45) is 0.595. The second kappa shape index (κ2) is 6.75. The van der Waals surface area contributed by atoms with Gasteiger partial charge in [0.25, 0.3) is 0 Å². The normalized spacial score (nSPS) is 25.2. The molecule has 6 heteroatoms. The van der Waals surface area contributed by atoms with Crippen LogP contribution in [0.3, 0.4) is 0 Å². The van der Waals surface area contributed by atoms with Gasteiger partial charge in [-0.05, 0) is 24.7 Å². The molecule has 0 saturated carbocycles. The lowest BCUT2D eigenvalue weighted by Gasteiger charge is -2.34. The lowest BCUT2D eigenvalue weighted by molar-refractivity contribution is -0.139. The van der Waals surface area contributed by atoms with Crippen LogP contribution >= 0.6 is 0 Å². The SMILES string of the molecule is CC(C)C[C@@H](NC(=O)N1CCC(C)C(O)C1)C(=O)O. The van der Waals surface area contributed by atoms with Crippen LogP contribution in [0.4, 0.5) is 4.79 Å². The molecule has 6 nitrogen and oxygen atoms in total. The van der Waals surface area contributed by atoms with E-state index in [4.69, 9.17) is 5.11 Å². The fourth-order valence-electron chi connectivity index (χ4n) is 2.17. The van der Waals surface area contributed by atoms with Crippen molar-refractivity contribution in [3.05, 3.63) is 0 Å². The van der Waals surface area contributed by atoms with Gasteiger partial charge >= 0.3 is 12.0 Å². The largest absolute Gasteiger partial charge is 0.480 e.